The zero-order valence-electron chi connectivity index (χ0n) is 16.3. The molecule has 2 N–H and O–H groups in total. The van der Waals surface area contributed by atoms with E-state index in [0.717, 1.165) is 32.1 Å². The third-order valence-electron chi connectivity index (χ3n) is 4.56. The zero-order chi connectivity index (χ0) is 20.7. The summed E-state index contributed by atoms with van der Waals surface area (Å²) in [5.74, 6) is 1.92. The Labute approximate surface area is 176 Å². The Bertz CT molecular complexity index is 1240. The van der Waals surface area contributed by atoms with Gasteiger partial charge >= 0.3 is 0 Å². The molecule has 29 heavy (non-hydrogen) atoms. The lowest BCUT2D eigenvalue weighted by molar-refractivity contribution is 0.402. The molecule has 0 amide bonds. The predicted molar refractivity (Wildman–Crippen MR) is 115 cm³/mol. The fraction of sp³-hybridized carbons (Fsp3) is 0.200. The topological polar surface area (TPSA) is 96.0 Å². The minimum Gasteiger partial charge on any atom is -0.496 e. The van der Waals surface area contributed by atoms with Gasteiger partial charge in [-0.2, -0.15) is 0 Å². The number of nitrogens with two attached hydrogens (primary N) is 1. The summed E-state index contributed by atoms with van der Waals surface area (Å²) in [5, 5.41) is 11.5. The summed E-state index contributed by atoms with van der Waals surface area (Å²) >= 11 is 7.80. The first-order valence-corrected chi connectivity index (χ1v) is 9.95. The molecule has 0 aliphatic rings. The molecule has 4 rings (SSSR count). The first-order chi connectivity index (χ1) is 13.9. The molecule has 7 nitrogen and oxygen atoms in total. The summed E-state index contributed by atoms with van der Waals surface area (Å²) < 4.78 is 11.6. The number of rotatable bonds is 4. The molecule has 0 aliphatic heterocycles. The number of halogens is 1. The Morgan fingerprint density at radius 2 is 1.93 bits per heavy atom. The summed E-state index contributed by atoms with van der Waals surface area (Å²) in [6.45, 7) is 5.77. The Hall–Kier alpha value is -2.97. The van der Waals surface area contributed by atoms with Crippen molar-refractivity contribution in [3.63, 3.8) is 0 Å². The minimum absolute atomic E-state index is 0.277. The number of anilines is 1. The first kappa shape index (κ1) is 19.4. The molecular formula is C20H18ClN5O2S. The van der Waals surface area contributed by atoms with Gasteiger partial charge in [-0.25, -0.2) is 9.97 Å². The molecule has 3 heterocycles. The van der Waals surface area contributed by atoms with Gasteiger partial charge in [0.05, 0.1) is 12.5 Å². The van der Waals surface area contributed by atoms with Crippen LogP contribution in [0.3, 0.4) is 0 Å². The quantitative estimate of drug-likeness (QED) is 0.452. The average Bonchev–Trinajstić information content (AvgIpc) is 3.11. The van der Waals surface area contributed by atoms with Crippen LogP contribution >= 0.6 is 22.9 Å². The SMILES string of the molecule is COc1ccc(C)c(Oc2nc(Cl)cc3c(-c4nnc(C)s4)cnc(N)c23)c1C. The summed E-state index contributed by atoms with van der Waals surface area (Å²) in [7, 11) is 1.62. The van der Waals surface area contributed by atoms with Crippen LogP contribution in [-0.4, -0.2) is 27.3 Å². The lowest BCUT2D eigenvalue weighted by Crippen LogP contribution is -2.00. The summed E-state index contributed by atoms with van der Waals surface area (Å²) in [6.07, 6.45) is 1.67. The van der Waals surface area contributed by atoms with E-state index in [1.807, 2.05) is 32.9 Å². The zero-order valence-corrected chi connectivity index (χ0v) is 17.9. The first-order valence-electron chi connectivity index (χ1n) is 8.76. The van der Waals surface area contributed by atoms with E-state index in [0.29, 0.717) is 22.7 Å². The van der Waals surface area contributed by atoms with Crippen LogP contribution in [0.1, 0.15) is 16.1 Å². The number of pyridine rings is 2. The van der Waals surface area contributed by atoms with E-state index in [9.17, 15) is 0 Å². The van der Waals surface area contributed by atoms with Crippen molar-refractivity contribution in [3.05, 3.63) is 45.7 Å². The van der Waals surface area contributed by atoms with Crippen molar-refractivity contribution >= 4 is 39.5 Å². The molecule has 0 spiro atoms. The van der Waals surface area contributed by atoms with Crippen LogP contribution in [0, 0.1) is 20.8 Å². The predicted octanol–water partition coefficient (Wildman–Crippen LogP) is 5.11. The minimum atomic E-state index is 0.277. The van der Waals surface area contributed by atoms with Gasteiger partial charge in [-0.15, -0.1) is 10.2 Å². The Morgan fingerprint density at radius 1 is 1.14 bits per heavy atom. The maximum Gasteiger partial charge on any atom is 0.232 e. The van der Waals surface area contributed by atoms with Gasteiger partial charge in [-0.1, -0.05) is 29.0 Å². The van der Waals surface area contributed by atoms with Crippen molar-refractivity contribution in [2.45, 2.75) is 20.8 Å². The molecule has 0 saturated heterocycles. The number of ether oxygens (including phenoxy) is 2. The van der Waals surface area contributed by atoms with E-state index >= 15 is 0 Å². The Morgan fingerprint density at radius 3 is 2.62 bits per heavy atom. The number of benzene rings is 1. The smallest absolute Gasteiger partial charge is 0.232 e. The van der Waals surface area contributed by atoms with E-state index in [2.05, 4.69) is 20.2 Å². The lowest BCUT2D eigenvalue weighted by Gasteiger charge is -2.16. The highest BCUT2D eigenvalue weighted by Crippen LogP contribution is 2.41. The summed E-state index contributed by atoms with van der Waals surface area (Å²) in [5.41, 5.74) is 8.77. The van der Waals surface area contributed by atoms with Crippen molar-refractivity contribution < 1.29 is 9.47 Å². The maximum atomic E-state index is 6.34. The standard InChI is InChI=1S/C20H18ClN5O2S/c1-9-5-6-14(27-4)10(2)17(9)28-19-16-12(7-15(21)24-19)13(8-23-18(16)22)20-26-25-11(3)29-20/h5-8H,1-4H3,(H2,22,23). The highest BCUT2D eigenvalue weighted by Gasteiger charge is 2.19. The number of hydrogen-bond donors (Lipinski definition) is 1. The average molecular weight is 428 g/mol. The van der Waals surface area contributed by atoms with Crippen LogP contribution in [-0.2, 0) is 0 Å². The molecule has 0 atom stereocenters. The Kier molecular flexibility index (Phi) is 4.97. The van der Waals surface area contributed by atoms with Gasteiger partial charge in [0.1, 0.15) is 32.5 Å². The number of hydrogen-bond acceptors (Lipinski definition) is 8. The third-order valence-corrected chi connectivity index (χ3v) is 5.63. The van der Waals surface area contributed by atoms with Gasteiger partial charge in [0.2, 0.25) is 5.88 Å². The van der Waals surface area contributed by atoms with Gasteiger partial charge in [-0.3, -0.25) is 0 Å². The van der Waals surface area contributed by atoms with Gasteiger partial charge in [0.25, 0.3) is 0 Å². The second kappa shape index (κ2) is 7.46. The molecule has 148 valence electrons. The second-order valence-electron chi connectivity index (χ2n) is 6.50. The second-order valence-corrected chi connectivity index (χ2v) is 8.07. The summed E-state index contributed by atoms with van der Waals surface area (Å²) in [4.78, 5) is 8.72. The van der Waals surface area contributed by atoms with Crippen molar-refractivity contribution in [2.24, 2.45) is 0 Å². The number of aryl methyl sites for hydroxylation is 2. The van der Waals surface area contributed by atoms with E-state index < -0.39 is 0 Å². The molecule has 0 saturated carbocycles. The number of nitrogen functional groups attached to an aromatic ring is 1. The fourth-order valence-electron chi connectivity index (χ4n) is 3.15. The fourth-order valence-corrected chi connectivity index (χ4v) is 4.05. The number of nitrogens with zero attached hydrogens (tertiary/aromatic N) is 4. The molecule has 0 unspecified atom stereocenters. The molecular weight excluding hydrogens is 410 g/mol. The Balaban J connectivity index is 1.95. The molecule has 0 aliphatic carbocycles. The van der Waals surface area contributed by atoms with Crippen LogP contribution in [0.25, 0.3) is 21.3 Å². The maximum absolute atomic E-state index is 6.34. The highest BCUT2D eigenvalue weighted by molar-refractivity contribution is 7.14. The van der Waals surface area contributed by atoms with Crippen LogP contribution in [0.15, 0.2) is 24.4 Å². The van der Waals surface area contributed by atoms with Gasteiger partial charge < -0.3 is 15.2 Å². The van der Waals surface area contributed by atoms with E-state index in [4.69, 9.17) is 26.8 Å². The molecule has 0 fully saturated rings. The van der Waals surface area contributed by atoms with Gasteiger partial charge in [0.15, 0.2) is 0 Å². The lowest BCUT2D eigenvalue weighted by atomic mass is 10.1. The molecule has 1 aromatic carbocycles. The molecule has 0 radical (unpaired) electrons. The van der Waals surface area contributed by atoms with Crippen molar-refractivity contribution in [3.8, 4) is 28.0 Å². The van der Waals surface area contributed by atoms with E-state index in [1.165, 1.54) is 11.3 Å². The highest BCUT2D eigenvalue weighted by atomic mass is 35.5. The monoisotopic (exact) mass is 427 g/mol. The van der Waals surface area contributed by atoms with Gasteiger partial charge in [0, 0.05) is 22.7 Å². The normalized spacial score (nSPS) is 11.1. The van der Waals surface area contributed by atoms with Crippen molar-refractivity contribution in [2.75, 3.05) is 12.8 Å². The third kappa shape index (κ3) is 3.45. The van der Waals surface area contributed by atoms with E-state index in [1.54, 1.807) is 19.4 Å². The van der Waals surface area contributed by atoms with Crippen molar-refractivity contribution in [1.29, 1.82) is 0 Å². The number of aromatic nitrogens is 4. The van der Waals surface area contributed by atoms with Crippen LogP contribution in [0.2, 0.25) is 5.15 Å². The molecule has 4 aromatic rings. The van der Waals surface area contributed by atoms with E-state index in [-0.39, 0.29) is 11.0 Å². The van der Waals surface area contributed by atoms with Crippen LogP contribution in [0.5, 0.6) is 17.4 Å². The van der Waals surface area contributed by atoms with Crippen LogP contribution < -0.4 is 15.2 Å². The molecule has 0 bridgehead atoms. The summed E-state index contributed by atoms with van der Waals surface area (Å²) in [6, 6.07) is 5.55. The van der Waals surface area contributed by atoms with Gasteiger partial charge in [-0.05, 0) is 38.5 Å². The van der Waals surface area contributed by atoms with Crippen LogP contribution in [0.4, 0.5) is 5.82 Å². The van der Waals surface area contributed by atoms with Crippen molar-refractivity contribution in [1.82, 2.24) is 20.2 Å². The molecule has 9 heteroatoms. The largest absolute Gasteiger partial charge is 0.496 e. The number of methoxy groups -OCH3 is 1. The molecule has 3 aromatic heterocycles. The number of fused-ring (bicyclic) bond motifs is 1.